The van der Waals surface area contributed by atoms with Crippen LogP contribution in [0, 0.1) is 0 Å². The van der Waals surface area contributed by atoms with Crippen molar-refractivity contribution in [3.8, 4) is 11.5 Å². The average Bonchev–Trinajstić information content (AvgIpc) is 2.37. The van der Waals surface area contributed by atoms with Crippen molar-refractivity contribution in [1.82, 2.24) is 0 Å². The minimum atomic E-state index is -1.16. The van der Waals surface area contributed by atoms with Crippen LogP contribution in [0.1, 0.15) is 38.2 Å². The predicted octanol–water partition coefficient (Wildman–Crippen LogP) is 1.57. The summed E-state index contributed by atoms with van der Waals surface area (Å²) in [6, 6.07) is 4.06. The van der Waals surface area contributed by atoms with E-state index in [-0.39, 0.29) is 11.5 Å². The third-order valence-electron chi connectivity index (χ3n) is 2.79. The summed E-state index contributed by atoms with van der Waals surface area (Å²) in [5.41, 5.74) is 0.349. The standard InChI is InChI=1S/C15H16O8/c1-8(16)22-12-4-3-10(5-13(12)23-9(2)17)11(6-14(18)19)7-15(20)21/h3-5,11H,6-7H2,1-2H3,(H,18,19)(H,20,21). The van der Waals surface area contributed by atoms with E-state index < -0.39 is 42.6 Å². The first-order valence-corrected chi connectivity index (χ1v) is 6.63. The zero-order chi connectivity index (χ0) is 17.6. The summed E-state index contributed by atoms with van der Waals surface area (Å²) in [4.78, 5) is 44.0. The first-order chi connectivity index (χ1) is 10.7. The lowest BCUT2D eigenvalue weighted by Gasteiger charge is -2.16. The molecule has 0 spiro atoms. The molecule has 0 aliphatic rings. The highest BCUT2D eigenvalue weighted by Crippen LogP contribution is 2.34. The molecule has 8 heteroatoms. The Balaban J connectivity index is 3.22. The second-order valence-electron chi connectivity index (χ2n) is 4.79. The summed E-state index contributed by atoms with van der Waals surface area (Å²) in [7, 11) is 0. The number of hydrogen-bond acceptors (Lipinski definition) is 6. The van der Waals surface area contributed by atoms with Gasteiger partial charge >= 0.3 is 23.9 Å². The molecule has 2 N–H and O–H groups in total. The van der Waals surface area contributed by atoms with Gasteiger partial charge in [-0.25, -0.2) is 0 Å². The quantitative estimate of drug-likeness (QED) is 0.571. The molecule has 1 aromatic carbocycles. The minimum absolute atomic E-state index is 0.0131. The van der Waals surface area contributed by atoms with Crippen molar-refractivity contribution in [3.63, 3.8) is 0 Å². The number of ether oxygens (including phenoxy) is 2. The van der Waals surface area contributed by atoms with E-state index in [4.69, 9.17) is 19.7 Å². The van der Waals surface area contributed by atoms with Crippen LogP contribution in [0.4, 0.5) is 0 Å². The first kappa shape index (κ1) is 18.1. The zero-order valence-corrected chi connectivity index (χ0v) is 12.6. The number of carbonyl (C=O) groups is 4. The Morgan fingerprint density at radius 2 is 1.39 bits per heavy atom. The van der Waals surface area contributed by atoms with Crippen LogP contribution in [0.25, 0.3) is 0 Å². The highest BCUT2D eigenvalue weighted by molar-refractivity contribution is 5.75. The molecule has 0 atom stereocenters. The third kappa shape index (κ3) is 6.16. The number of carboxylic acids is 2. The largest absolute Gasteiger partial charge is 0.481 e. The van der Waals surface area contributed by atoms with Gasteiger partial charge in [0.05, 0.1) is 12.8 Å². The molecular weight excluding hydrogens is 308 g/mol. The highest BCUT2D eigenvalue weighted by Gasteiger charge is 2.21. The predicted molar refractivity (Wildman–Crippen MR) is 76.3 cm³/mol. The van der Waals surface area contributed by atoms with Gasteiger partial charge in [0.25, 0.3) is 0 Å². The Hall–Kier alpha value is -2.90. The Bertz CT molecular complexity index is 618. The van der Waals surface area contributed by atoms with Crippen molar-refractivity contribution in [2.45, 2.75) is 32.6 Å². The Kier molecular flexibility index (Phi) is 6.25. The summed E-state index contributed by atoms with van der Waals surface area (Å²) in [6.45, 7) is 2.32. The number of esters is 2. The van der Waals surface area contributed by atoms with Crippen LogP contribution in [0.3, 0.4) is 0 Å². The number of aliphatic carboxylic acids is 2. The molecule has 0 heterocycles. The topological polar surface area (TPSA) is 127 Å². The van der Waals surface area contributed by atoms with E-state index in [1.165, 1.54) is 25.1 Å². The molecule has 0 aromatic heterocycles. The molecule has 0 saturated carbocycles. The monoisotopic (exact) mass is 324 g/mol. The maximum absolute atomic E-state index is 11.1. The smallest absolute Gasteiger partial charge is 0.308 e. The van der Waals surface area contributed by atoms with Crippen LogP contribution < -0.4 is 9.47 Å². The Labute approximate surface area is 131 Å². The van der Waals surface area contributed by atoms with Gasteiger partial charge in [-0.2, -0.15) is 0 Å². The van der Waals surface area contributed by atoms with Gasteiger partial charge in [0.15, 0.2) is 11.5 Å². The molecule has 8 nitrogen and oxygen atoms in total. The van der Waals surface area contributed by atoms with E-state index in [1.807, 2.05) is 0 Å². The second-order valence-corrected chi connectivity index (χ2v) is 4.79. The van der Waals surface area contributed by atoms with Gasteiger partial charge < -0.3 is 19.7 Å². The SMILES string of the molecule is CC(=O)Oc1ccc(C(CC(=O)O)CC(=O)O)cc1OC(C)=O. The van der Waals surface area contributed by atoms with Crippen molar-refractivity contribution in [2.75, 3.05) is 0 Å². The third-order valence-corrected chi connectivity index (χ3v) is 2.79. The molecule has 1 rings (SSSR count). The molecule has 1 aromatic rings. The molecule has 0 unspecified atom stereocenters. The van der Waals surface area contributed by atoms with Gasteiger partial charge in [0, 0.05) is 19.8 Å². The molecule has 0 radical (unpaired) electrons. The number of rotatable bonds is 7. The van der Waals surface area contributed by atoms with Crippen LogP contribution in [0.15, 0.2) is 18.2 Å². The number of benzene rings is 1. The molecule has 23 heavy (non-hydrogen) atoms. The van der Waals surface area contributed by atoms with Gasteiger partial charge in [-0.05, 0) is 17.7 Å². The van der Waals surface area contributed by atoms with Crippen LogP contribution in [0.2, 0.25) is 0 Å². The molecule has 0 bridgehead atoms. The molecule has 0 aliphatic carbocycles. The van der Waals surface area contributed by atoms with E-state index in [2.05, 4.69) is 0 Å². The number of carboxylic acid groups (broad SMARTS) is 2. The second kappa shape index (κ2) is 7.92. The van der Waals surface area contributed by atoms with Crippen molar-refractivity contribution < 1.29 is 38.9 Å². The summed E-state index contributed by atoms with van der Waals surface area (Å²) in [5.74, 6) is -4.51. The lowest BCUT2D eigenvalue weighted by Crippen LogP contribution is -2.12. The van der Waals surface area contributed by atoms with E-state index >= 15 is 0 Å². The van der Waals surface area contributed by atoms with Crippen LogP contribution in [0.5, 0.6) is 11.5 Å². The lowest BCUT2D eigenvalue weighted by molar-refractivity contribution is -0.139. The Morgan fingerprint density at radius 3 is 1.83 bits per heavy atom. The molecule has 124 valence electrons. The van der Waals surface area contributed by atoms with Gasteiger partial charge in [-0.3, -0.25) is 19.2 Å². The van der Waals surface area contributed by atoms with Crippen molar-refractivity contribution >= 4 is 23.9 Å². The van der Waals surface area contributed by atoms with Gasteiger partial charge in [0.1, 0.15) is 0 Å². The fourth-order valence-electron chi connectivity index (χ4n) is 1.98. The van der Waals surface area contributed by atoms with Crippen LogP contribution in [-0.2, 0) is 19.2 Å². The average molecular weight is 324 g/mol. The first-order valence-electron chi connectivity index (χ1n) is 6.63. The van der Waals surface area contributed by atoms with E-state index in [0.29, 0.717) is 5.56 Å². The molecule has 0 saturated heterocycles. The maximum atomic E-state index is 11.1. The maximum Gasteiger partial charge on any atom is 0.308 e. The number of hydrogen-bond donors (Lipinski definition) is 2. The summed E-state index contributed by atoms with van der Waals surface area (Å²) in [6.07, 6.45) is -0.808. The normalized spacial score (nSPS) is 10.2. The van der Waals surface area contributed by atoms with E-state index in [1.54, 1.807) is 0 Å². The summed E-state index contributed by atoms with van der Waals surface area (Å²) in [5, 5.41) is 17.8. The van der Waals surface area contributed by atoms with Gasteiger partial charge in [-0.15, -0.1) is 0 Å². The fraction of sp³-hybridized carbons (Fsp3) is 0.333. The summed E-state index contributed by atoms with van der Waals surface area (Å²) < 4.78 is 9.83. The fourth-order valence-corrected chi connectivity index (χ4v) is 1.98. The van der Waals surface area contributed by atoms with Crippen LogP contribution >= 0.6 is 0 Å². The van der Waals surface area contributed by atoms with E-state index in [9.17, 15) is 19.2 Å². The Morgan fingerprint density at radius 1 is 0.913 bits per heavy atom. The van der Waals surface area contributed by atoms with E-state index in [0.717, 1.165) is 6.92 Å². The minimum Gasteiger partial charge on any atom is -0.481 e. The van der Waals surface area contributed by atoms with Crippen molar-refractivity contribution in [3.05, 3.63) is 23.8 Å². The highest BCUT2D eigenvalue weighted by atomic mass is 16.6. The lowest BCUT2D eigenvalue weighted by atomic mass is 9.92. The molecule has 0 aliphatic heterocycles. The molecule has 0 amide bonds. The van der Waals surface area contributed by atoms with Gasteiger partial charge in [0.2, 0.25) is 0 Å². The van der Waals surface area contributed by atoms with Gasteiger partial charge in [-0.1, -0.05) is 6.07 Å². The van der Waals surface area contributed by atoms with Crippen molar-refractivity contribution in [1.29, 1.82) is 0 Å². The summed E-state index contributed by atoms with van der Waals surface area (Å²) >= 11 is 0. The number of carbonyl (C=O) groups excluding carboxylic acids is 2. The zero-order valence-electron chi connectivity index (χ0n) is 12.6. The molecular formula is C15H16O8. The van der Waals surface area contributed by atoms with Crippen LogP contribution in [-0.4, -0.2) is 34.1 Å². The molecule has 0 fully saturated rings. The van der Waals surface area contributed by atoms with Crippen molar-refractivity contribution in [2.24, 2.45) is 0 Å².